The van der Waals surface area contributed by atoms with Crippen molar-refractivity contribution in [3.8, 4) is 0 Å². The Morgan fingerprint density at radius 2 is 1.89 bits per heavy atom. The molecule has 1 N–H and O–H groups in total. The Labute approximate surface area is 158 Å². The van der Waals surface area contributed by atoms with Crippen molar-refractivity contribution in [2.45, 2.75) is 13.8 Å². The lowest BCUT2D eigenvalue weighted by Crippen LogP contribution is -2.49. The average molecular weight is 368 g/mol. The number of aromatic nitrogens is 1. The summed E-state index contributed by atoms with van der Waals surface area (Å²) in [6, 6.07) is 9.48. The molecule has 1 fully saturated rings. The molecule has 7 heteroatoms. The van der Waals surface area contributed by atoms with Gasteiger partial charge >= 0.3 is 6.09 Å². The van der Waals surface area contributed by atoms with Gasteiger partial charge in [0.15, 0.2) is 0 Å². The second-order valence-corrected chi connectivity index (χ2v) is 6.37. The molecule has 1 aliphatic rings. The van der Waals surface area contributed by atoms with Crippen molar-refractivity contribution in [3.05, 3.63) is 53.9 Å². The third-order valence-electron chi connectivity index (χ3n) is 4.55. The highest BCUT2D eigenvalue weighted by atomic mass is 16.6. The molecule has 1 aliphatic heterocycles. The van der Waals surface area contributed by atoms with Crippen molar-refractivity contribution in [2.24, 2.45) is 0 Å². The van der Waals surface area contributed by atoms with Gasteiger partial charge in [0.05, 0.1) is 24.1 Å². The van der Waals surface area contributed by atoms with Crippen LogP contribution < -0.4 is 10.2 Å². The lowest BCUT2D eigenvalue weighted by Gasteiger charge is -2.35. The largest absolute Gasteiger partial charge is 0.450 e. The van der Waals surface area contributed by atoms with Gasteiger partial charge in [-0.3, -0.25) is 9.78 Å². The summed E-state index contributed by atoms with van der Waals surface area (Å²) in [6.45, 7) is 6.63. The molecule has 0 radical (unpaired) electrons. The molecule has 2 aromatic rings. The van der Waals surface area contributed by atoms with Crippen LogP contribution in [-0.2, 0) is 4.74 Å². The number of anilines is 2. The standard InChI is InChI=1S/C20H24N4O3/c1-3-27-20(26)24-10-8-23(9-11-24)17-12-16(13-21-14-17)19(25)22-18-7-5-4-6-15(18)2/h4-7,12-14H,3,8-11H2,1-2H3,(H,22,25). The Morgan fingerprint density at radius 1 is 1.15 bits per heavy atom. The van der Waals surface area contributed by atoms with Gasteiger partial charge in [-0.2, -0.15) is 0 Å². The van der Waals surface area contributed by atoms with Gasteiger partial charge in [0.25, 0.3) is 5.91 Å². The quantitative estimate of drug-likeness (QED) is 0.898. The maximum atomic E-state index is 12.6. The fourth-order valence-corrected chi connectivity index (χ4v) is 2.99. The number of rotatable bonds is 4. The Bertz CT molecular complexity index is 816. The van der Waals surface area contributed by atoms with Crippen molar-refractivity contribution >= 4 is 23.4 Å². The van der Waals surface area contributed by atoms with E-state index >= 15 is 0 Å². The molecule has 0 atom stereocenters. The minimum atomic E-state index is -0.276. The van der Waals surface area contributed by atoms with Crippen LogP contribution in [0.3, 0.4) is 0 Å². The zero-order valence-corrected chi connectivity index (χ0v) is 15.6. The van der Waals surface area contributed by atoms with Crippen LogP contribution in [0.25, 0.3) is 0 Å². The summed E-state index contributed by atoms with van der Waals surface area (Å²) in [6.07, 6.45) is 3.03. The SMILES string of the molecule is CCOC(=O)N1CCN(c2cncc(C(=O)Nc3ccccc3C)c2)CC1. The molecule has 0 bridgehead atoms. The fourth-order valence-electron chi connectivity index (χ4n) is 2.99. The van der Waals surface area contributed by atoms with E-state index in [0.29, 0.717) is 38.3 Å². The second kappa shape index (κ2) is 8.53. The molecule has 1 saturated heterocycles. The molecular formula is C20H24N4O3. The van der Waals surface area contributed by atoms with E-state index in [0.717, 1.165) is 16.9 Å². The number of piperazine rings is 1. The Hall–Kier alpha value is -3.09. The van der Waals surface area contributed by atoms with E-state index in [-0.39, 0.29) is 12.0 Å². The highest BCUT2D eigenvalue weighted by Crippen LogP contribution is 2.19. The summed E-state index contributed by atoms with van der Waals surface area (Å²) in [4.78, 5) is 32.4. The molecule has 1 aromatic heterocycles. The molecule has 2 heterocycles. The van der Waals surface area contributed by atoms with Crippen LogP contribution in [0.2, 0.25) is 0 Å². The van der Waals surface area contributed by atoms with E-state index < -0.39 is 0 Å². The summed E-state index contributed by atoms with van der Waals surface area (Å²) in [7, 11) is 0. The minimum absolute atomic E-state index is 0.191. The van der Waals surface area contributed by atoms with E-state index in [2.05, 4.69) is 15.2 Å². The summed E-state index contributed by atoms with van der Waals surface area (Å²) < 4.78 is 5.04. The highest BCUT2D eigenvalue weighted by molar-refractivity contribution is 6.04. The maximum absolute atomic E-state index is 12.6. The number of amides is 2. The van der Waals surface area contributed by atoms with Crippen LogP contribution >= 0.6 is 0 Å². The van der Waals surface area contributed by atoms with E-state index in [1.807, 2.05) is 37.3 Å². The monoisotopic (exact) mass is 368 g/mol. The maximum Gasteiger partial charge on any atom is 0.409 e. The third-order valence-corrected chi connectivity index (χ3v) is 4.55. The number of pyridine rings is 1. The first-order chi connectivity index (χ1) is 13.1. The van der Waals surface area contributed by atoms with Gasteiger partial charge in [-0.25, -0.2) is 4.79 Å². The predicted molar refractivity (Wildman–Crippen MR) is 104 cm³/mol. The number of para-hydroxylation sites is 1. The molecule has 0 aliphatic carbocycles. The first-order valence-electron chi connectivity index (χ1n) is 9.07. The van der Waals surface area contributed by atoms with Crippen molar-refractivity contribution in [2.75, 3.05) is 43.0 Å². The van der Waals surface area contributed by atoms with Gasteiger partial charge in [-0.1, -0.05) is 18.2 Å². The van der Waals surface area contributed by atoms with Gasteiger partial charge in [-0.05, 0) is 31.5 Å². The lowest BCUT2D eigenvalue weighted by molar-refractivity contribution is 0.102. The molecule has 27 heavy (non-hydrogen) atoms. The number of carbonyl (C=O) groups excluding carboxylic acids is 2. The van der Waals surface area contributed by atoms with Crippen molar-refractivity contribution in [1.29, 1.82) is 0 Å². The van der Waals surface area contributed by atoms with Gasteiger partial charge in [0.1, 0.15) is 0 Å². The van der Waals surface area contributed by atoms with Gasteiger partial charge in [0.2, 0.25) is 0 Å². The van der Waals surface area contributed by atoms with Crippen LogP contribution in [0.15, 0.2) is 42.7 Å². The number of hydrogen-bond acceptors (Lipinski definition) is 5. The topological polar surface area (TPSA) is 74.8 Å². The zero-order valence-electron chi connectivity index (χ0n) is 15.6. The molecule has 7 nitrogen and oxygen atoms in total. The molecular weight excluding hydrogens is 344 g/mol. The lowest BCUT2D eigenvalue weighted by atomic mass is 10.1. The van der Waals surface area contributed by atoms with Crippen LogP contribution in [0.1, 0.15) is 22.8 Å². The molecule has 0 unspecified atom stereocenters. The number of nitrogens with zero attached hydrogens (tertiary/aromatic N) is 3. The van der Waals surface area contributed by atoms with Crippen LogP contribution in [0.4, 0.5) is 16.2 Å². The number of aryl methyl sites for hydroxylation is 1. The predicted octanol–water partition coefficient (Wildman–Crippen LogP) is 2.92. The smallest absolute Gasteiger partial charge is 0.409 e. The zero-order chi connectivity index (χ0) is 19.2. The van der Waals surface area contributed by atoms with E-state index in [1.165, 1.54) is 0 Å². The van der Waals surface area contributed by atoms with E-state index in [1.54, 1.807) is 24.2 Å². The number of ether oxygens (including phenoxy) is 1. The Balaban J connectivity index is 1.65. The Morgan fingerprint density at radius 3 is 2.59 bits per heavy atom. The third kappa shape index (κ3) is 4.55. The number of benzene rings is 1. The first kappa shape index (κ1) is 18.7. The molecule has 1 aromatic carbocycles. The number of carbonyl (C=O) groups is 2. The number of hydrogen-bond donors (Lipinski definition) is 1. The molecule has 2 amide bonds. The van der Waals surface area contributed by atoms with Gasteiger partial charge in [0, 0.05) is 38.1 Å². The van der Waals surface area contributed by atoms with Gasteiger partial charge < -0.3 is 19.9 Å². The van der Waals surface area contributed by atoms with Gasteiger partial charge in [-0.15, -0.1) is 0 Å². The van der Waals surface area contributed by atoms with Crippen molar-refractivity contribution in [1.82, 2.24) is 9.88 Å². The normalized spacial score (nSPS) is 14.0. The summed E-state index contributed by atoms with van der Waals surface area (Å²) in [5.74, 6) is -0.191. The number of nitrogens with one attached hydrogen (secondary N) is 1. The van der Waals surface area contributed by atoms with Crippen LogP contribution in [0.5, 0.6) is 0 Å². The first-order valence-corrected chi connectivity index (χ1v) is 9.07. The molecule has 0 spiro atoms. The summed E-state index contributed by atoms with van der Waals surface area (Å²) >= 11 is 0. The van der Waals surface area contributed by atoms with Crippen molar-refractivity contribution < 1.29 is 14.3 Å². The molecule has 142 valence electrons. The van der Waals surface area contributed by atoms with Crippen LogP contribution in [0, 0.1) is 6.92 Å². The van der Waals surface area contributed by atoms with Crippen molar-refractivity contribution in [3.63, 3.8) is 0 Å². The average Bonchev–Trinajstić information content (AvgIpc) is 2.70. The summed E-state index contributed by atoms with van der Waals surface area (Å²) in [5, 5.41) is 2.93. The van der Waals surface area contributed by atoms with E-state index in [4.69, 9.17) is 4.74 Å². The fraction of sp³-hybridized carbons (Fsp3) is 0.350. The van der Waals surface area contributed by atoms with Crippen LogP contribution in [-0.4, -0.2) is 54.7 Å². The molecule has 3 rings (SSSR count). The summed E-state index contributed by atoms with van der Waals surface area (Å²) in [5.41, 5.74) is 3.17. The van der Waals surface area contributed by atoms with E-state index in [9.17, 15) is 9.59 Å². The Kier molecular flexibility index (Phi) is 5.90. The molecule has 0 saturated carbocycles. The minimum Gasteiger partial charge on any atom is -0.450 e. The highest BCUT2D eigenvalue weighted by Gasteiger charge is 2.22. The second-order valence-electron chi connectivity index (χ2n) is 6.37.